The Kier molecular flexibility index (Phi) is 5.46. The largest absolute Gasteiger partial charge is 0.384 e. The Balaban J connectivity index is 1.90. The molecule has 1 aliphatic heterocycles. The van der Waals surface area contributed by atoms with Crippen LogP contribution in [0, 0.1) is 29.1 Å². The van der Waals surface area contributed by atoms with Gasteiger partial charge in [0, 0.05) is 17.7 Å². The second-order valence-corrected chi connectivity index (χ2v) is 10.8. The first-order valence-electron chi connectivity index (χ1n) is 9.24. The molecule has 0 aromatic carbocycles. The average molecular weight is 454 g/mol. The highest BCUT2D eigenvalue weighted by molar-refractivity contribution is 8.01. The van der Waals surface area contributed by atoms with Crippen LogP contribution >= 0.6 is 34.4 Å². The summed E-state index contributed by atoms with van der Waals surface area (Å²) in [6.07, 6.45) is 6.43. The molecule has 0 radical (unpaired) electrons. The Morgan fingerprint density at radius 2 is 2.23 bits per heavy atom. The van der Waals surface area contributed by atoms with Crippen molar-refractivity contribution in [3.05, 3.63) is 45.1 Å². The van der Waals surface area contributed by atoms with Gasteiger partial charge in [-0.3, -0.25) is 9.69 Å². The summed E-state index contributed by atoms with van der Waals surface area (Å²) in [6.45, 7) is 4.14. The number of thioether (sulfide) groups is 1. The van der Waals surface area contributed by atoms with E-state index in [9.17, 15) is 10.1 Å². The third-order valence-electron chi connectivity index (χ3n) is 5.12. The van der Waals surface area contributed by atoms with Crippen LogP contribution in [0.4, 0.5) is 5.13 Å². The van der Waals surface area contributed by atoms with E-state index in [2.05, 4.69) is 36.0 Å². The fourth-order valence-corrected chi connectivity index (χ4v) is 6.20. The number of carbonyl (C=O) groups excluding carboxylic acids is 1. The summed E-state index contributed by atoms with van der Waals surface area (Å²) in [6, 6.07) is 4.21. The maximum Gasteiger partial charge on any atom is 0.219 e. The lowest BCUT2D eigenvalue weighted by Crippen LogP contribution is -2.42. The molecule has 9 heteroatoms. The van der Waals surface area contributed by atoms with Crippen LogP contribution in [0.25, 0.3) is 0 Å². The quantitative estimate of drug-likeness (QED) is 0.546. The molecular formula is C21H19N5OS3. The van der Waals surface area contributed by atoms with Crippen molar-refractivity contribution < 1.29 is 4.79 Å². The number of terminal acetylenes is 1. The third-order valence-corrected chi connectivity index (χ3v) is 7.77. The molecule has 4 rings (SSSR count). The second-order valence-electron chi connectivity index (χ2n) is 7.88. The van der Waals surface area contributed by atoms with Gasteiger partial charge in [-0.1, -0.05) is 42.9 Å². The number of rotatable bonds is 4. The van der Waals surface area contributed by atoms with Crippen molar-refractivity contribution in [1.29, 1.82) is 5.26 Å². The summed E-state index contributed by atoms with van der Waals surface area (Å²) in [4.78, 5) is 15.1. The van der Waals surface area contributed by atoms with E-state index < -0.39 is 5.92 Å². The molecule has 1 atom stereocenters. The van der Waals surface area contributed by atoms with Crippen molar-refractivity contribution in [2.24, 2.45) is 11.1 Å². The van der Waals surface area contributed by atoms with Gasteiger partial charge in [-0.05, 0) is 34.2 Å². The van der Waals surface area contributed by atoms with E-state index in [1.165, 1.54) is 34.4 Å². The molecule has 2 aromatic heterocycles. The van der Waals surface area contributed by atoms with E-state index in [4.69, 9.17) is 12.2 Å². The van der Waals surface area contributed by atoms with Crippen LogP contribution in [-0.4, -0.2) is 21.7 Å². The van der Waals surface area contributed by atoms with Gasteiger partial charge in [-0.2, -0.15) is 16.6 Å². The lowest BCUT2D eigenvalue weighted by Gasteiger charge is -2.42. The molecule has 152 valence electrons. The zero-order valence-electron chi connectivity index (χ0n) is 16.5. The molecule has 6 nitrogen and oxygen atoms in total. The van der Waals surface area contributed by atoms with Crippen LogP contribution in [0.5, 0.6) is 0 Å². The molecule has 0 amide bonds. The van der Waals surface area contributed by atoms with Gasteiger partial charge in [0.05, 0.1) is 23.3 Å². The molecule has 0 bridgehead atoms. The van der Waals surface area contributed by atoms with Crippen molar-refractivity contribution in [3.63, 3.8) is 0 Å². The number of thiophene rings is 1. The first kappa shape index (κ1) is 20.7. The summed E-state index contributed by atoms with van der Waals surface area (Å²) in [5.41, 5.74) is 9.08. The number of anilines is 1. The molecule has 1 unspecified atom stereocenters. The summed E-state index contributed by atoms with van der Waals surface area (Å²) in [7, 11) is 0. The molecule has 2 aliphatic rings. The van der Waals surface area contributed by atoms with Crippen LogP contribution in [-0.2, 0) is 4.79 Å². The zero-order valence-corrected chi connectivity index (χ0v) is 19.0. The Morgan fingerprint density at radius 1 is 1.43 bits per heavy atom. The number of nitrogens with two attached hydrogens (primary N) is 1. The van der Waals surface area contributed by atoms with Crippen molar-refractivity contribution in [1.82, 2.24) is 10.2 Å². The first-order valence-corrected chi connectivity index (χ1v) is 12.0. The van der Waals surface area contributed by atoms with Crippen LogP contribution in [0.1, 0.15) is 38.2 Å². The number of allylic oxidation sites excluding steroid dienone is 3. The summed E-state index contributed by atoms with van der Waals surface area (Å²) < 4.78 is 0.720. The Hall–Kier alpha value is -2.59. The topological polar surface area (TPSA) is 95.9 Å². The van der Waals surface area contributed by atoms with Crippen molar-refractivity contribution in [2.45, 2.75) is 36.9 Å². The highest BCUT2D eigenvalue weighted by atomic mass is 32.2. The molecule has 3 heterocycles. The monoisotopic (exact) mass is 453 g/mol. The van der Waals surface area contributed by atoms with Gasteiger partial charge in [0.15, 0.2) is 10.1 Å². The fraction of sp³-hybridized carbons (Fsp3) is 0.333. The lowest BCUT2D eigenvalue weighted by molar-refractivity contribution is -0.118. The van der Waals surface area contributed by atoms with E-state index in [0.29, 0.717) is 40.7 Å². The first-order chi connectivity index (χ1) is 14.4. The van der Waals surface area contributed by atoms with E-state index in [1.54, 1.807) is 4.90 Å². The molecule has 2 N–H and O–H groups in total. The van der Waals surface area contributed by atoms with Gasteiger partial charge in [-0.15, -0.1) is 16.6 Å². The predicted octanol–water partition coefficient (Wildman–Crippen LogP) is 4.27. The van der Waals surface area contributed by atoms with Crippen molar-refractivity contribution >= 4 is 45.4 Å². The number of ketones is 1. The number of carbonyl (C=O) groups is 1. The summed E-state index contributed by atoms with van der Waals surface area (Å²) >= 11 is 4.31. The third kappa shape index (κ3) is 3.54. The van der Waals surface area contributed by atoms with Gasteiger partial charge < -0.3 is 5.73 Å². The lowest BCUT2D eigenvalue weighted by atomic mass is 9.69. The molecule has 0 saturated heterocycles. The van der Waals surface area contributed by atoms with Crippen LogP contribution in [0.15, 0.2) is 43.8 Å². The number of nitrogens with zero attached hydrogens (tertiary/aromatic N) is 4. The molecule has 1 aliphatic carbocycles. The van der Waals surface area contributed by atoms with E-state index in [-0.39, 0.29) is 11.2 Å². The predicted molar refractivity (Wildman–Crippen MR) is 121 cm³/mol. The van der Waals surface area contributed by atoms with Crippen LogP contribution < -0.4 is 10.6 Å². The smallest absolute Gasteiger partial charge is 0.219 e. The van der Waals surface area contributed by atoms with Crippen molar-refractivity contribution in [2.75, 3.05) is 10.7 Å². The van der Waals surface area contributed by atoms with Crippen LogP contribution in [0.2, 0.25) is 0 Å². The average Bonchev–Trinajstić information content (AvgIpc) is 3.36. The molecule has 0 saturated carbocycles. The number of aromatic nitrogens is 2. The van der Waals surface area contributed by atoms with Crippen molar-refractivity contribution in [3.8, 4) is 18.4 Å². The molecule has 0 fully saturated rings. The molecule has 2 aromatic rings. The minimum Gasteiger partial charge on any atom is -0.384 e. The Bertz CT molecular complexity index is 1140. The minimum atomic E-state index is -0.445. The zero-order chi connectivity index (χ0) is 21.5. The standard InChI is InChI=1S/C21H19N5OS3/c1-4-6-29-20-25-24-19(30-20)26-14-8-21(2,3)9-15(27)17(14)16(12-5-7-28-11-12)13(10-22)18(26)23/h1,5,7,11,16H,6,8-9,23H2,2-3H3. The molecule has 30 heavy (non-hydrogen) atoms. The SMILES string of the molecule is C#CCSc1nnc(N2C(N)=C(C#N)C(c3ccsc3)C3=C2CC(C)(C)CC3=O)s1. The molecular weight excluding hydrogens is 434 g/mol. The normalized spacial score (nSPS) is 20.7. The summed E-state index contributed by atoms with van der Waals surface area (Å²) in [5.74, 6) is 2.97. The minimum absolute atomic E-state index is 0.0501. The maximum atomic E-state index is 13.3. The van der Waals surface area contributed by atoms with Gasteiger partial charge in [0.25, 0.3) is 0 Å². The maximum absolute atomic E-state index is 13.3. The number of nitriles is 1. The Morgan fingerprint density at radius 3 is 2.90 bits per heavy atom. The highest BCUT2D eigenvalue weighted by Gasteiger charge is 2.45. The summed E-state index contributed by atoms with van der Waals surface area (Å²) in [5, 5.41) is 23.0. The van der Waals surface area contributed by atoms with Crippen LogP contribution in [0.3, 0.4) is 0 Å². The Labute approximate surface area is 187 Å². The van der Waals surface area contributed by atoms with Gasteiger partial charge in [0.1, 0.15) is 5.82 Å². The number of hydrogen-bond donors (Lipinski definition) is 1. The second kappa shape index (κ2) is 7.92. The van der Waals surface area contributed by atoms with E-state index in [0.717, 1.165) is 15.6 Å². The van der Waals surface area contributed by atoms with E-state index >= 15 is 0 Å². The van der Waals surface area contributed by atoms with Gasteiger partial charge in [0.2, 0.25) is 5.13 Å². The fourth-order valence-electron chi connectivity index (χ4n) is 3.95. The van der Waals surface area contributed by atoms with Gasteiger partial charge >= 0.3 is 0 Å². The van der Waals surface area contributed by atoms with E-state index in [1.807, 2.05) is 16.8 Å². The number of Topliss-reactive ketones (excluding diaryl/α,β-unsaturated/α-hetero) is 1. The highest BCUT2D eigenvalue weighted by Crippen LogP contribution is 2.50. The van der Waals surface area contributed by atoms with Gasteiger partial charge in [-0.25, -0.2) is 0 Å². The molecule has 0 spiro atoms. The number of hydrogen-bond acceptors (Lipinski definition) is 9.